The Hall–Kier alpha value is -2.28. The number of rotatable bonds is 8. The standard InChI is InChI=1S/C16H23N5O4/c1-11-15(21(22)23)14(10-24-2)13(8-17)16(20-11)19-5-3-4-12-9-25-7-6-18-12/h12,18H,3-7,9-10H2,1-2H3,(H,19,20)/t12-/m0/s1. The maximum absolute atomic E-state index is 11.3. The molecule has 1 aliphatic rings. The molecule has 1 fully saturated rings. The average Bonchev–Trinajstić information content (AvgIpc) is 2.59. The third kappa shape index (κ3) is 4.85. The van der Waals surface area contributed by atoms with E-state index < -0.39 is 4.92 Å². The van der Waals surface area contributed by atoms with Gasteiger partial charge in [0.05, 0.1) is 30.3 Å². The smallest absolute Gasteiger partial charge is 0.297 e. The number of ether oxygens (including phenoxy) is 2. The highest BCUT2D eigenvalue weighted by molar-refractivity contribution is 5.64. The number of aryl methyl sites for hydroxylation is 1. The molecule has 0 spiro atoms. The lowest BCUT2D eigenvalue weighted by molar-refractivity contribution is -0.386. The molecule has 1 aromatic heterocycles. The van der Waals surface area contributed by atoms with Crippen molar-refractivity contribution in [3.05, 3.63) is 26.9 Å². The number of hydrogen-bond donors (Lipinski definition) is 2. The van der Waals surface area contributed by atoms with Crippen LogP contribution in [0.3, 0.4) is 0 Å². The Bertz CT molecular complexity index is 653. The maximum atomic E-state index is 11.3. The van der Waals surface area contributed by atoms with Gasteiger partial charge in [0.15, 0.2) is 0 Å². The van der Waals surface area contributed by atoms with Crippen LogP contribution in [0.25, 0.3) is 0 Å². The molecule has 136 valence electrons. The summed E-state index contributed by atoms with van der Waals surface area (Å²) in [6.07, 6.45) is 1.80. The van der Waals surface area contributed by atoms with Crippen LogP contribution in [-0.2, 0) is 16.1 Å². The normalized spacial score (nSPS) is 17.1. The van der Waals surface area contributed by atoms with Crippen LogP contribution in [0.1, 0.15) is 29.7 Å². The average molecular weight is 349 g/mol. The van der Waals surface area contributed by atoms with Crippen molar-refractivity contribution >= 4 is 11.5 Å². The van der Waals surface area contributed by atoms with E-state index in [2.05, 4.69) is 15.6 Å². The van der Waals surface area contributed by atoms with Gasteiger partial charge in [-0.1, -0.05) is 0 Å². The van der Waals surface area contributed by atoms with Crippen LogP contribution in [0.4, 0.5) is 11.5 Å². The Kier molecular flexibility index (Phi) is 7.06. The summed E-state index contributed by atoms with van der Waals surface area (Å²) in [7, 11) is 1.44. The maximum Gasteiger partial charge on any atom is 0.297 e. The highest BCUT2D eigenvalue weighted by atomic mass is 16.6. The molecule has 0 saturated carbocycles. The van der Waals surface area contributed by atoms with E-state index in [0.29, 0.717) is 25.0 Å². The Morgan fingerprint density at radius 1 is 1.60 bits per heavy atom. The Morgan fingerprint density at radius 3 is 3.00 bits per heavy atom. The molecule has 1 aromatic rings. The molecule has 0 aliphatic carbocycles. The van der Waals surface area contributed by atoms with Gasteiger partial charge >= 0.3 is 0 Å². The van der Waals surface area contributed by atoms with Gasteiger partial charge in [-0.25, -0.2) is 4.98 Å². The molecule has 0 bridgehead atoms. The number of nitro groups is 1. The molecule has 1 saturated heterocycles. The van der Waals surface area contributed by atoms with E-state index in [1.807, 2.05) is 6.07 Å². The third-order valence-electron chi connectivity index (χ3n) is 4.05. The second kappa shape index (κ2) is 9.27. The minimum Gasteiger partial charge on any atom is -0.380 e. The van der Waals surface area contributed by atoms with E-state index in [0.717, 1.165) is 26.0 Å². The Morgan fingerprint density at radius 2 is 2.40 bits per heavy atom. The number of aromatic nitrogens is 1. The zero-order chi connectivity index (χ0) is 18.2. The second-order valence-electron chi connectivity index (χ2n) is 5.84. The monoisotopic (exact) mass is 349 g/mol. The molecule has 9 heteroatoms. The number of morpholine rings is 1. The SMILES string of the molecule is COCc1c(C#N)c(NCCC[C@H]2COCCN2)nc(C)c1[N+](=O)[O-]. The van der Waals surface area contributed by atoms with E-state index in [4.69, 9.17) is 9.47 Å². The zero-order valence-electron chi connectivity index (χ0n) is 14.5. The summed E-state index contributed by atoms with van der Waals surface area (Å²) in [5, 5.41) is 27.3. The van der Waals surface area contributed by atoms with Crippen LogP contribution < -0.4 is 10.6 Å². The molecule has 1 atom stereocenters. The fourth-order valence-electron chi connectivity index (χ4n) is 2.89. The molecule has 2 rings (SSSR count). The molecule has 25 heavy (non-hydrogen) atoms. The molecular formula is C16H23N5O4. The van der Waals surface area contributed by atoms with Crippen LogP contribution >= 0.6 is 0 Å². The third-order valence-corrected chi connectivity index (χ3v) is 4.05. The highest BCUT2D eigenvalue weighted by Gasteiger charge is 2.25. The van der Waals surface area contributed by atoms with Crippen molar-refractivity contribution in [1.29, 1.82) is 5.26 Å². The summed E-state index contributed by atoms with van der Waals surface area (Å²) < 4.78 is 10.5. The van der Waals surface area contributed by atoms with Crippen LogP contribution in [-0.4, -0.2) is 49.4 Å². The number of nitriles is 1. The van der Waals surface area contributed by atoms with Gasteiger partial charge in [-0.05, 0) is 19.8 Å². The number of pyridine rings is 1. The van der Waals surface area contributed by atoms with Crippen molar-refractivity contribution in [3.8, 4) is 6.07 Å². The predicted molar refractivity (Wildman–Crippen MR) is 91.4 cm³/mol. The summed E-state index contributed by atoms with van der Waals surface area (Å²) >= 11 is 0. The molecule has 0 amide bonds. The largest absolute Gasteiger partial charge is 0.380 e. The molecule has 0 radical (unpaired) electrons. The molecule has 2 N–H and O–H groups in total. The number of nitrogens with zero attached hydrogens (tertiary/aromatic N) is 3. The predicted octanol–water partition coefficient (Wildman–Crippen LogP) is 1.50. The molecule has 0 unspecified atom stereocenters. The van der Waals surface area contributed by atoms with Gasteiger partial charge < -0.3 is 20.1 Å². The second-order valence-corrected chi connectivity index (χ2v) is 5.84. The topological polar surface area (TPSA) is 122 Å². The van der Waals surface area contributed by atoms with Gasteiger partial charge in [-0.15, -0.1) is 0 Å². The number of anilines is 1. The van der Waals surface area contributed by atoms with Gasteiger partial charge in [0, 0.05) is 26.2 Å². The highest BCUT2D eigenvalue weighted by Crippen LogP contribution is 2.30. The minimum absolute atomic E-state index is 0.0133. The van der Waals surface area contributed by atoms with Crippen molar-refractivity contribution in [2.75, 3.05) is 38.7 Å². The summed E-state index contributed by atoms with van der Waals surface area (Å²) in [5.74, 6) is 0.366. The molecule has 0 aromatic carbocycles. The number of methoxy groups -OCH3 is 1. The zero-order valence-corrected chi connectivity index (χ0v) is 14.5. The van der Waals surface area contributed by atoms with Gasteiger partial charge in [-0.3, -0.25) is 10.1 Å². The Labute approximate surface area is 146 Å². The van der Waals surface area contributed by atoms with Gasteiger partial charge in [0.2, 0.25) is 0 Å². The van der Waals surface area contributed by atoms with E-state index >= 15 is 0 Å². The van der Waals surface area contributed by atoms with E-state index in [1.165, 1.54) is 7.11 Å². The number of hydrogen-bond acceptors (Lipinski definition) is 8. The van der Waals surface area contributed by atoms with Crippen LogP contribution in [0.2, 0.25) is 0 Å². The number of nitrogens with one attached hydrogen (secondary N) is 2. The fourth-order valence-corrected chi connectivity index (χ4v) is 2.89. The summed E-state index contributed by atoms with van der Waals surface area (Å²) in [5.41, 5.74) is 0.527. The van der Waals surface area contributed by atoms with Crippen LogP contribution in [0, 0.1) is 28.4 Å². The van der Waals surface area contributed by atoms with E-state index in [1.54, 1.807) is 6.92 Å². The van der Waals surface area contributed by atoms with Crippen molar-refractivity contribution in [1.82, 2.24) is 10.3 Å². The lowest BCUT2D eigenvalue weighted by Gasteiger charge is -2.23. The lowest BCUT2D eigenvalue weighted by atomic mass is 10.1. The molecule has 1 aliphatic heterocycles. The van der Waals surface area contributed by atoms with Gasteiger partial charge in [-0.2, -0.15) is 5.26 Å². The lowest BCUT2D eigenvalue weighted by Crippen LogP contribution is -2.41. The summed E-state index contributed by atoms with van der Waals surface area (Å²) in [6, 6.07) is 2.35. The van der Waals surface area contributed by atoms with Gasteiger partial charge in [0.25, 0.3) is 5.69 Å². The first-order valence-electron chi connectivity index (χ1n) is 8.20. The molecule has 9 nitrogen and oxygen atoms in total. The van der Waals surface area contributed by atoms with Crippen LogP contribution in [0.5, 0.6) is 0 Å². The van der Waals surface area contributed by atoms with Crippen LogP contribution in [0.15, 0.2) is 0 Å². The van der Waals surface area contributed by atoms with Crippen molar-refractivity contribution < 1.29 is 14.4 Å². The molecular weight excluding hydrogens is 326 g/mol. The summed E-state index contributed by atoms with van der Waals surface area (Å²) in [6.45, 7) is 4.47. The first-order chi connectivity index (χ1) is 12.1. The van der Waals surface area contributed by atoms with E-state index in [9.17, 15) is 15.4 Å². The van der Waals surface area contributed by atoms with Crippen molar-refractivity contribution in [3.63, 3.8) is 0 Å². The minimum atomic E-state index is -0.518. The molecule has 2 heterocycles. The first kappa shape index (κ1) is 19.1. The summed E-state index contributed by atoms with van der Waals surface area (Å²) in [4.78, 5) is 15.0. The van der Waals surface area contributed by atoms with Crippen molar-refractivity contribution in [2.24, 2.45) is 0 Å². The quantitative estimate of drug-likeness (QED) is 0.411. The van der Waals surface area contributed by atoms with E-state index in [-0.39, 0.29) is 29.1 Å². The Balaban J connectivity index is 2.09. The fraction of sp³-hybridized carbons (Fsp3) is 0.625. The van der Waals surface area contributed by atoms with Crippen molar-refractivity contribution in [2.45, 2.75) is 32.4 Å². The van der Waals surface area contributed by atoms with Gasteiger partial charge in [0.1, 0.15) is 23.1 Å². The first-order valence-corrected chi connectivity index (χ1v) is 8.20.